The molecule has 1 aromatic carbocycles. The molecule has 1 saturated carbocycles. The van der Waals surface area contributed by atoms with E-state index in [0.717, 1.165) is 24.0 Å². The van der Waals surface area contributed by atoms with E-state index >= 15 is 0 Å². The summed E-state index contributed by atoms with van der Waals surface area (Å²) in [5.41, 5.74) is 1.17. The molecule has 1 N–H and O–H groups in total. The number of aryl methyl sites for hydroxylation is 1. The molecule has 88 valence electrons. The van der Waals surface area contributed by atoms with Crippen molar-refractivity contribution in [3.05, 3.63) is 33.8 Å². The van der Waals surface area contributed by atoms with Gasteiger partial charge in [0, 0.05) is 6.04 Å². The van der Waals surface area contributed by atoms with Gasteiger partial charge in [0.05, 0.1) is 10.0 Å². The van der Waals surface area contributed by atoms with E-state index in [2.05, 4.69) is 11.4 Å². The normalized spacial score (nSPS) is 15.4. The molecule has 1 aliphatic rings. The summed E-state index contributed by atoms with van der Waals surface area (Å²) in [7, 11) is 0. The Balaban J connectivity index is 1.69. The van der Waals surface area contributed by atoms with Crippen molar-refractivity contribution in [3.8, 4) is 0 Å². The average molecular weight is 258 g/mol. The first-order chi connectivity index (χ1) is 7.77. The van der Waals surface area contributed by atoms with E-state index in [9.17, 15) is 0 Å². The Hall–Kier alpha value is -0.240. The first-order valence-electron chi connectivity index (χ1n) is 5.93. The van der Waals surface area contributed by atoms with Gasteiger partial charge in [-0.15, -0.1) is 0 Å². The minimum atomic E-state index is 0.662. The summed E-state index contributed by atoms with van der Waals surface area (Å²) in [6.07, 6.45) is 6.12. The number of unbranched alkanes of at least 4 members (excludes halogenated alkanes) is 1. The van der Waals surface area contributed by atoms with Crippen LogP contribution in [-0.2, 0) is 6.42 Å². The lowest BCUT2D eigenvalue weighted by atomic mass is 10.1. The predicted octanol–water partition coefficient (Wildman–Crippen LogP) is 4.07. The van der Waals surface area contributed by atoms with Crippen molar-refractivity contribution < 1.29 is 0 Å². The Morgan fingerprint density at radius 3 is 2.75 bits per heavy atom. The molecule has 1 fully saturated rings. The van der Waals surface area contributed by atoms with Gasteiger partial charge in [0.2, 0.25) is 0 Å². The molecule has 0 radical (unpaired) electrons. The van der Waals surface area contributed by atoms with Crippen LogP contribution in [0.1, 0.15) is 31.2 Å². The van der Waals surface area contributed by atoms with Gasteiger partial charge in [0.25, 0.3) is 0 Å². The highest BCUT2D eigenvalue weighted by Crippen LogP contribution is 2.26. The number of halogens is 2. The second kappa shape index (κ2) is 5.90. The van der Waals surface area contributed by atoms with Crippen molar-refractivity contribution in [2.75, 3.05) is 6.54 Å². The second-order valence-corrected chi connectivity index (χ2v) is 5.18. The molecular weight excluding hydrogens is 241 g/mol. The summed E-state index contributed by atoms with van der Waals surface area (Å²) in [4.78, 5) is 0. The standard InChI is InChI=1S/C13H17Cl2N/c14-12-6-3-5-10(13(12)15)4-1-2-9-16-11-7-8-11/h3,5-6,11,16H,1-2,4,7-9H2. The van der Waals surface area contributed by atoms with E-state index in [1.165, 1.54) is 31.2 Å². The van der Waals surface area contributed by atoms with Crippen LogP contribution in [0.15, 0.2) is 18.2 Å². The third-order valence-electron chi connectivity index (χ3n) is 2.91. The molecule has 0 saturated heterocycles. The fourth-order valence-electron chi connectivity index (χ4n) is 1.78. The summed E-state index contributed by atoms with van der Waals surface area (Å²) >= 11 is 12.1. The highest BCUT2D eigenvalue weighted by Gasteiger charge is 2.19. The monoisotopic (exact) mass is 257 g/mol. The minimum absolute atomic E-state index is 0.662. The zero-order valence-electron chi connectivity index (χ0n) is 9.31. The third kappa shape index (κ3) is 3.65. The molecular formula is C13H17Cl2N. The first kappa shape index (κ1) is 12.2. The van der Waals surface area contributed by atoms with Crippen molar-refractivity contribution in [2.45, 2.75) is 38.1 Å². The molecule has 0 aromatic heterocycles. The maximum atomic E-state index is 6.12. The lowest BCUT2D eigenvalue weighted by molar-refractivity contribution is 0.620. The molecule has 16 heavy (non-hydrogen) atoms. The summed E-state index contributed by atoms with van der Waals surface area (Å²) in [6.45, 7) is 1.13. The summed E-state index contributed by atoms with van der Waals surface area (Å²) in [5.74, 6) is 0. The molecule has 0 atom stereocenters. The Morgan fingerprint density at radius 2 is 2.00 bits per heavy atom. The topological polar surface area (TPSA) is 12.0 Å². The molecule has 1 aliphatic carbocycles. The quantitative estimate of drug-likeness (QED) is 0.758. The second-order valence-electron chi connectivity index (χ2n) is 4.40. The van der Waals surface area contributed by atoms with Crippen LogP contribution in [0.2, 0.25) is 10.0 Å². The summed E-state index contributed by atoms with van der Waals surface area (Å²) in [5, 5.41) is 4.89. The molecule has 0 spiro atoms. The molecule has 1 nitrogen and oxygen atoms in total. The van der Waals surface area contributed by atoms with Gasteiger partial charge in [-0.3, -0.25) is 0 Å². The van der Waals surface area contributed by atoms with Crippen molar-refractivity contribution in [2.24, 2.45) is 0 Å². The van der Waals surface area contributed by atoms with Gasteiger partial charge in [-0.1, -0.05) is 35.3 Å². The third-order valence-corrected chi connectivity index (χ3v) is 3.77. The number of nitrogens with one attached hydrogen (secondary N) is 1. The smallest absolute Gasteiger partial charge is 0.0624 e. The van der Waals surface area contributed by atoms with Crippen molar-refractivity contribution in [1.82, 2.24) is 5.32 Å². The maximum Gasteiger partial charge on any atom is 0.0624 e. The van der Waals surface area contributed by atoms with Crippen molar-refractivity contribution >= 4 is 23.2 Å². The Morgan fingerprint density at radius 1 is 1.19 bits per heavy atom. The van der Waals surface area contributed by atoms with Crippen molar-refractivity contribution in [1.29, 1.82) is 0 Å². The molecule has 0 unspecified atom stereocenters. The van der Waals surface area contributed by atoms with Gasteiger partial charge in [-0.05, 0) is 50.3 Å². The molecule has 0 heterocycles. The van der Waals surface area contributed by atoms with Crippen LogP contribution >= 0.6 is 23.2 Å². The number of hydrogen-bond acceptors (Lipinski definition) is 1. The van der Waals surface area contributed by atoms with E-state index < -0.39 is 0 Å². The van der Waals surface area contributed by atoms with Crippen LogP contribution in [0, 0.1) is 0 Å². The predicted molar refractivity (Wildman–Crippen MR) is 70.4 cm³/mol. The molecule has 3 heteroatoms. The molecule has 0 amide bonds. The van der Waals surface area contributed by atoms with E-state index in [4.69, 9.17) is 23.2 Å². The largest absolute Gasteiger partial charge is 0.314 e. The van der Waals surface area contributed by atoms with Crippen LogP contribution < -0.4 is 5.32 Å². The van der Waals surface area contributed by atoms with Gasteiger partial charge in [-0.25, -0.2) is 0 Å². The molecule has 2 rings (SSSR count). The Labute approximate surface area is 107 Å². The molecule has 0 aliphatic heterocycles. The van der Waals surface area contributed by atoms with E-state index in [1.54, 1.807) is 0 Å². The highest BCUT2D eigenvalue weighted by atomic mass is 35.5. The molecule has 1 aromatic rings. The summed E-state index contributed by atoms with van der Waals surface area (Å²) < 4.78 is 0. The van der Waals surface area contributed by atoms with Crippen LogP contribution in [0.4, 0.5) is 0 Å². The van der Waals surface area contributed by atoms with Crippen LogP contribution in [0.5, 0.6) is 0 Å². The van der Waals surface area contributed by atoms with Gasteiger partial charge >= 0.3 is 0 Å². The van der Waals surface area contributed by atoms with Crippen LogP contribution in [0.3, 0.4) is 0 Å². The van der Waals surface area contributed by atoms with E-state index in [-0.39, 0.29) is 0 Å². The summed E-state index contributed by atoms with van der Waals surface area (Å²) in [6, 6.07) is 6.67. The van der Waals surface area contributed by atoms with Gasteiger partial charge in [-0.2, -0.15) is 0 Å². The number of benzene rings is 1. The number of rotatable bonds is 6. The first-order valence-corrected chi connectivity index (χ1v) is 6.69. The number of hydrogen-bond donors (Lipinski definition) is 1. The van der Waals surface area contributed by atoms with Crippen molar-refractivity contribution in [3.63, 3.8) is 0 Å². The SMILES string of the molecule is Clc1cccc(CCCCNC2CC2)c1Cl. The fraction of sp³-hybridized carbons (Fsp3) is 0.538. The van der Waals surface area contributed by atoms with E-state index in [1.807, 2.05) is 12.1 Å². The lowest BCUT2D eigenvalue weighted by Gasteiger charge is -2.06. The van der Waals surface area contributed by atoms with Crippen LogP contribution in [0.25, 0.3) is 0 Å². The minimum Gasteiger partial charge on any atom is -0.314 e. The zero-order valence-corrected chi connectivity index (χ0v) is 10.8. The molecule has 0 bridgehead atoms. The van der Waals surface area contributed by atoms with Gasteiger partial charge < -0.3 is 5.32 Å². The highest BCUT2D eigenvalue weighted by molar-refractivity contribution is 6.42. The lowest BCUT2D eigenvalue weighted by Crippen LogP contribution is -2.17. The Bertz CT molecular complexity index is 348. The Kier molecular flexibility index (Phi) is 4.51. The zero-order chi connectivity index (χ0) is 11.4. The van der Waals surface area contributed by atoms with Gasteiger partial charge in [0.1, 0.15) is 0 Å². The maximum absolute atomic E-state index is 6.12. The fourth-order valence-corrected chi connectivity index (χ4v) is 2.19. The van der Waals surface area contributed by atoms with E-state index in [0.29, 0.717) is 5.02 Å². The van der Waals surface area contributed by atoms with Gasteiger partial charge in [0.15, 0.2) is 0 Å². The van der Waals surface area contributed by atoms with Crippen LogP contribution in [-0.4, -0.2) is 12.6 Å². The average Bonchev–Trinajstić information content (AvgIpc) is 3.07.